The summed E-state index contributed by atoms with van der Waals surface area (Å²) in [5, 5.41) is 5.99. The summed E-state index contributed by atoms with van der Waals surface area (Å²) in [4.78, 5) is 32.6. The summed E-state index contributed by atoms with van der Waals surface area (Å²) in [6, 6.07) is 17.9. The van der Waals surface area contributed by atoms with Crippen LogP contribution in [0.15, 0.2) is 60.8 Å². The van der Waals surface area contributed by atoms with Crippen molar-refractivity contribution in [2.75, 3.05) is 17.2 Å². The Kier molecular flexibility index (Phi) is 9.15. The predicted octanol–water partition coefficient (Wildman–Crippen LogP) is 6.79. The van der Waals surface area contributed by atoms with Crippen LogP contribution in [0.5, 0.6) is 0 Å². The molecule has 6 nitrogen and oxygen atoms in total. The Bertz CT molecular complexity index is 1430. The standard InChI is InChI=1S/C29H29ClN4O2S.CH4/c30-24-16-26(25(35)11-7-19-6-10-23-21(15-19)12-13-33-29(23)31)37-27(24)18-32-17-20-4-8-22(9-5-20)34-14-2-1-3-28(34)36;/h4-6,8-10,12-13,15-16,32H,1-3,7,11,14,17-18H2,(H2,31,33);1H4. The van der Waals surface area contributed by atoms with Crippen LogP contribution in [0.3, 0.4) is 0 Å². The van der Waals surface area contributed by atoms with E-state index in [4.69, 9.17) is 17.3 Å². The fourth-order valence-electron chi connectivity index (χ4n) is 4.64. The van der Waals surface area contributed by atoms with Crippen LogP contribution in [0.2, 0.25) is 5.02 Å². The second kappa shape index (κ2) is 12.5. The molecule has 3 heterocycles. The Hall–Kier alpha value is -3.26. The molecule has 4 aromatic rings. The van der Waals surface area contributed by atoms with Gasteiger partial charge in [0.2, 0.25) is 5.91 Å². The number of halogens is 1. The van der Waals surface area contributed by atoms with Crippen molar-refractivity contribution in [1.29, 1.82) is 0 Å². The molecule has 0 spiro atoms. The number of carbonyl (C=O) groups is 2. The molecule has 2 aromatic heterocycles. The fraction of sp³-hybridized carbons (Fsp3) is 0.300. The minimum Gasteiger partial charge on any atom is -0.383 e. The number of nitrogen functional groups attached to an aromatic ring is 1. The minimum atomic E-state index is 0. The molecule has 0 bridgehead atoms. The molecular weight excluding hydrogens is 516 g/mol. The van der Waals surface area contributed by atoms with Gasteiger partial charge in [0.1, 0.15) is 5.82 Å². The second-order valence-electron chi connectivity index (χ2n) is 9.33. The van der Waals surface area contributed by atoms with E-state index in [1.165, 1.54) is 11.3 Å². The van der Waals surface area contributed by atoms with E-state index < -0.39 is 0 Å². The minimum absolute atomic E-state index is 0. The number of fused-ring (bicyclic) bond motifs is 1. The van der Waals surface area contributed by atoms with Gasteiger partial charge in [-0.1, -0.05) is 49.4 Å². The van der Waals surface area contributed by atoms with Gasteiger partial charge in [-0.15, -0.1) is 11.3 Å². The predicted molar refractivity (Wildman–Crippen MR) is 158 cm³/mol. The van der Waals surface area contributed by atoms with Crippen molar-refractivity contribution in [3.63, 3.8) is 0 Å². The van der Waals surface area contributed by atoms with E-state index in [9.17, 15) is 9.59 Å². The molecule has 1 aliphatic heterocycles. The molecule has 1 aliphatic rings. The first-order chi connectivity index (χ1) is 18.0. The maximum absolute atomic E-state index is 12.9. The van der Waals surface area contributed by atoms with E-state index in [2.05, 4.69) is 16.4 Å². The number of piperidine rings is 1. The lowest BCUT2D eigenvalue weighted by atomic mass is 10.0. The molecule has 0 unspecified atom stereocenters. The van der Waals surface area contributed by atoms with Crippen LogP contribution >= 0.6 is 22.9 Å². The first-order valence-electron chi connectivity index (χ1n) is 12.5. The first-order valence-corrected chi connectivity index (χ1v) is 13.7. The van der Waals surface area contributed by atoms with Gasteiger partial charge in [0.25, 0.3) is 0 Å². The number of aromatic nitrogens is 1. The summed E-state index contributed by atoms with van der Waals surface area (Å²) in [6.07, 6.45) is 5.43. The number of amides is 1. The molecule has 1 fully saturated rings. The maximum atomic E-state index is 12.9. The molecule has 38 heavy (non-hydrogen) atoms. The highest BCUT2D eigenvalue weighted by molar-refractivity contribution is 7.14. The lowest BCUT2D eigenvalue weighted by Gasteiger charge is -2.26. The van der Waals surface area contributed by atoms with Crippen LogP contribution in [0.1, 0.15) is 58.8 Å². The molecule has 1 amide bonds. The summed E-state index contributed by atoms with van der Waals surface area (Å²) in [6.45, 7) is 2.06. The average Bonchev–Trinajstić information content (AvgIpc) is 3.28. The highest BCUT2D eigenvalue weighted by Gasteiger charge is 2.19. The normalized spacial score (nSPS) is 13.5. The number of Topliss-reactive ketones (excluding diaryl/α,β-unsaturated/α-hetero) is 1. The third-order valence-corrected chi connectivity index (χ3v) is 8.34. The first kappa shape index (κ1) is 27.8. The Morgan fingerprint density at radius 3 is 2.63 bits per heavy atom. The third kappa shape index (κ3) is 6.41. The molecule has 0 aliphatic carbocycles. The van der Waals surface area contributed by atoms with Crippen molar-refractivity contribution >= 4 is 56.9 Å². The lowest BCUT2D eigenvalue weighted by Crippen LogP contribution is -2.35. The molecule has 8 heteroatoms. The van der Waals surface area contributed by atoms with Gasteiger partial charge in [0.15, 0.2) is 5.78 Å². The summed E-state index contributed by atoms with van der Waals surface area (Å²) in [5.41, 5.74) is 9.11. The Balaban J connectivity index is 0.00000336. The average molecular weight is 549 g/mol. The number of ketones is 1. The quantitative estimate of drug-likeness (QED) is 0.225. The number of rotatable bonds is 9. The number of nitrogens with one attached hydrogen (secondary N) is 1. The lowest BCUT2D eigenvalue weighted by molar-refractivity contribution is -0.119. The van der Waals surface area contributed by atoms with E-state index in [0.29, 0.717) is 48.1 Å². The topological polar surface area (TPSA) is 88.3 Å². The molecule has 2 aromatic carbocycles. The van der Waals surface area contributed by atoms with E-state index in [-0.39, 0.29) is 19.1 Å². The fourth-order valence-corrected chi connectivity index (χ4v) is 5.99. The SMILES string of the molecule is C.Nc1nccc2cc(CCC(=O)c3cc(Cl)c(CNCc4ccc(N5CCCCC5=O)cc4)s3)ccc12. The maximum Gasteiger partial charge on any atom is 0.226 e. The smallest absolute Gasteiger partial charge is 0.226 e. The molecule has 3 N–H and O–H groups in total. The number of thiophene rings is 1. The van der Waals surface area contributed by atoms with Crippen LogP contribution in [-0.4, -0.2) is 23.2 Å². The largest absolute Gasteiger partial charge is 0.383 e. The van der Waals surface area contributed by atoms with Crippen LogP contribution in [0.25, 0.3) is 10.8 Å². The number of nitrogens with two attached hydrogens (primary N) is 1. The van der Waals surface area contributed by atoms with Gasteiger partial charge in [-0.05, 0) is 60.0 Å². The molecule has 0 radical (unpaired) electrons. The van der Waals surface area contributed by atoms with E-state index in [1.54, 1.807) is 12.3 Å². The van der Waals surface area contributed by atoms with Gasteiger partial charge in [-0.25, -0.2) is 4.98 Å². The zero-order valence-corrected chi connectivity index (χ0v) is 22.1. The number of hydrogen-bond donors (Lipinski definition) is 2. The molecule has 0 saturated carbocycles. The number of carbonyl (C=O) groups excluding carboxylic acids is 2. The van der Waals surface area contributed by atoms with E-state index >= 15 is 0 Å². The Morgan fingerprint density at radius 1 is 1.05 bits per heavy atom. The van der Waals surface area contributed by atoms with Crippen molar-refractivity contribution in [2.24, 2.45) is 0 Å². The summed E-state index contributed by atoms with van der Waals surface area (Å²) in [7, 11) is 0. The monoisotopic (exact) mass is 548 g/mol. The zero-order valence-electron chi connectivity index (χ0n) is 20.5. The zero-order chi connectivity index (χ0) is 25.8. The van der Waals surface area contributed by atoms with Crippen molar-refractivity contribution < 1.29 is 9.59 Å². The molecular formula is C30H33ClN4O2S. The van der Waals surface area contributed by atoms with Crippen molar-refractivity contribution in [3.8, 4) is 0 Å². The van der Waals surface area contributed by atoms with Crippen molar-refractivity contribution in [2.45, 2.75) is 52.6 Å². The second-order valence-corrected chi connectivity index (χ2v) is 10.9. The van der Waals surface area contributed by atoms with Gasteiger partial charge in [0.05, 0.1) is 9.90 Å². The van der Waals surface area contributed by atoms with Gasteiger partial charge < -0.3 is 16.0 Å². The number of hydrogen-bond acceptors (Lipinski definition) is 6. The molecule has 198 valence electrons. The summed E-state index contributed by atoms with van der Waals surface area (Å²) < 4.78 is 0. The molecule has 0 atom stereocenters. The number of pyridine rings is 1. The van der Waals surface area contributed by atoms with Gasteiger partial charge in [-0.3, -0.25) is 9.59 Å². The van der Waals surface area contributed by atoms with Crippen LogP contribution in [0, 0.1) is 0 Å². The van der Waals surface area contributed by atoms with Gasteiger partial charge in [0, 0.05) is 54.6 Å². The third-order valence-electron chi connectivity index (χ3n) is 6.72. The number of aryl methyl sites for hydroxylation is 1. The number of nitrogens with zero attached hydrogens (tertiary/aromatic N) is 2. The number of benzene rings is 2. The Morgan fingerprint density at radius 2 is 1.84 bits per heavy atom. The van der Waals surface area contributed by atoms with E-state index in [1.807, 2.05) is 47.4 Å². The molecule has 5 rings (SSSR count). The van der Waals surface area contributed by atoms with Crippen LogP contribution < -0.4 is 16.0 Å². The van der Waals surface area contributed by atoms with Crippen LogP contribution in [0.4, 0.5) is 11.5 Å². The van der Waals surface area contributed by atoms with Crippen molar-refractivity contribution in [3.05, 3.63) is 86.7 Å². The summed E-state index contributed by atoms with van der Waals surface area (Å²) in [5.74, 6) is 0.811. The van der Waals surface area contributed by atoms with Gasteiger partial charge >= 0.3 is 0 Å². The van der Waals surface area contributed by atoms with Gasteiger partial charge in [-0.2, -0.15) is 0 Å². The molecule has 1 saturated heterocycles. The van der Waals surface area contributed by atoms with Crippen LogP contribution in [-0.2, 0) is 24.3 Å². The number of anilines is 2. The van der Waals surface area contributed by atoms with Crippen molar-refractivity contribution in [1.82, 2.24) is 10.3 Å². The highest BCUT2D eigenvalue weighted by atomic mass is 35.5. The summed E-state index contributed by atoms with van der Waals surface area (Å²) >= 11 is 7.90. The van der Waals surface area contributed by atoms with E-state index in [0.717, 1.165) is 51.9 Å². The Labute approximate surface area is 232 Å². The highest BCUT2D eigenvalue weighted by Crippen LogP contribution is 2.29.